The van der Waals surface area contributed by atoms with Crippen LogP contribution in [0.1, 0.15) is 24.4 Å². The molecule has 4 N–H and O–H groups in total. The van der Waals surface area contributed by atoms with Gasteiger partial charge in [-0.2, -0.15) is 0 Å². The molecule has 6 nitrogen and oxygen atoms in total. The predicted octanol–water partition coefficient (Wildman–Crippen LogP) is 0.945. The smallest absolute Gasteiger partial charge is 0.330 e. The number of likely N-dealkylation sites (tertiary alicyclic amines) is 1. The van der Waals surface area contributed by atoms with E-state index in [9.17, 15) is 14.7 Å². The maximum atomic E-state index is 12.1. The van der Waals surface area contributed by atoms with Crippen molar-refractivity contribution in [2.45, 2.75) is 24.9 Å². The van der Waals surface area contributed by atoms with Gasteiger partial charge in [-0.25, -0.2) is 9.59 Å². The molecule has 1 heterocycles. The number of carbonyl (C=O) groups excluding carboxylic acids is 1. The molecule has 1 aliphatic rings. The maximum absolute atomic E-state index is 12.1. The molecule has 1 aromatic carbocycles. The average molecular weight is 277 g/mol. The van der Waals surface area contributed by atoms with Crippen LogP contribution in [0.5, 0.6) is 0 Å². The Kier molecular flexibility index (Phi) is 4.57. The molecule has 0 aromatic heterocycles. The molecule has 1 unspecified atom stereocenters. The summed E-state index contributed by atoms with van der Waals surface area (Å²) in [5, 5.41) is 11.8. The second-order valence-corrected chi connectivity index (χ2v) is 4.96. The lowest BCUT2D eigenvalue weighted by atomic mass is 10.1. The number of rotatable bonds is 3. The molecule has 2 rings (SSSR count). The Labute approximate surface area is 117 Å². The molecule has 6 heteroatoms. The molecule has 0 spiro atoms. The molecular weight excluding hydrogens is 258 g/mol. The fourth-order valence-corrected chi connectivity index (χ4v) is 2.25. The summed E-state index contributed by atoms with van der Waals surface area (Å²) < 4.78 is 0. The highest BCUT2D eigenvalue weighted by Gasteiger charge is 2.26. The van der Waals surface area contributed by atoms with E-state index in [2.05, 4.69) is 5.32 Å². The Morgan fingerprint density at radius 2 is 1.85 bits per heavy atom. The van der Waals surface area contributed by atoms with Crippen LogP contribution in [0.4, 0.5) is 4.79 Å². The van der Waals surface area contributed by atoms with Crippen LogP contribution in [0.25, 0.3) is 0 Å². The predicted molar refractivity (Wildman–Crippen MR) is 74.1 cm³/mol. The SMILES string of the molecule is NC1CCN(C(=O)NC(C(=O)O)c2ccccc2)CC1. The van der Waals surface area contributed by atoms with Crippen LogP contribution in [-0.4, -0.2) is 41.1 Å². The molecular formula is C14H19N3O3. The van der Waals surface area contributed by atoms with Crippen molar-refractivity contribution in [2.24, 2.45) is 5.73 Å². The van der Waals surface area contributed by atoms with Crippen LogP contribution in [0, 0.1) is 0 Å². The summed E-state index contributed by atoms with van der Waals surface area (Å²) in [4.78, 5) is 25.0. The first-order chi connectivity index (χ1) is 9.58. The standard InChI is InChI=1S/C14H19N3O3/c15-11-6-8-17(9-7-11)14(20)16-12(13(18)19)10-4-2-1-3-5-10/h1-5,11-12H,6-9,15H2,(H,16,20)(H,18,19). The van der Waals surface area contributed by atoms with Gasteiger partial charge in [0.15, 0.2) is 6.04 Å². The summed E-state index contributed by atoms with van der Waals surface area (Å²) in [6.07, 6.45) is 1.49. The highest BCUT2D eigenvalue weighted by molar-refractivity contribution is 5.83. The fraction of sp³-hybridized carbons (Fsp3) is 0.429. The molecule has 0 aliphatic carbocycles. The number of piperidine rings is 1. The van der Waals surface area contributed by atoms with Gasteiger partial charge in [0.25, 0.3) is 0 Å². The second-order valence-electron chi connectivity index (χ2n) is 4.96. The largest absolute Gasteiger partial charge is 0.479 e. The van der Waals surface area contributed by atoms with Crippen LogP contribution in [-0.2, 0) is 4.79 Å². The highest BCUT2D eigenvalue weighted by Crippen LogP contribution is 2.15. The zero-order valence-electron chi connectivity index (χ0n) is 11.2. The molecule has 2 amide bonds. The van der Waals surface area contributed by atoms with Crippen LogP contribution >= 0.6 is 0 Å². The Balaban J connectivity index is 2.02. The van der Waals surface area contributed by atoms with Crippen LogP contribution in [0.2, 0.25) is 0 Å². The lowest BCUT2D eigenvalue weighted by molar-refractivity contribution is -0.139. The Morgan fingerprint density at radius 1 is 1.25 bits per heavy atom. The molecule has 0 bridgehead atoms. The van der Waals surface area contributed by atoms with Gasteiger partial charge in [-0.1, -0.05) is 30.3 Å². The summed E-state index contributed by atoms with van der Waals surface area (Å²) >= 11 is 0. The number of carbonyl (C=O) groups is 2. The van der Waals surface area contributed by atoms with Gasteiger partial charge in [0, 0.05) is 19.1 Å². The molecule has 1 aromatic rings. The van der Waals surface area contributed by atoms with Crippen molar-refractivity contribution < 1.29 is 14.7 Å². The van der Waals surface area contributed by atoms with E-state index in [1.165, 1.54) is 0 Å². The number of nitrogens with two attached hydrogens (primary N) is 1. The number of hydrogen-bond acceptors (Lipinski definition) is 3. The zero-order chi connectivity index (χ0) is 14.5. The van der Waals surface area contributed by atoms with Gasteiger partial charge in [-0.3, -0.25) is 0 Å². The third-order valence-corrected chi connectivity index (χ3v) is 3.47. The van der Waals surface area contributed by atoms with Gasteiger partial charge in [0.05, 0.1) is 0 Å². The molecule has 1 atom stereocenters. The van der Waals surface area contributed by atoms with Gasteiger partial charge >= 0.3 is 12.0 Å². The van der Waals surface area contributed by atoms with E-state index in [1.807, 2.05) is 0 Å². The van der Waals surface area contributed by atoms with Crippen molar-refractivity contribution >= 4 is 12.0 Å². The molecule has 0 radical (unpaired) electrons. The lowest BCUT2D eigenvalue weighted by Crippen LogP contribution is -2.49. The summed E-state index contributed by atoms with van der Waals surface area (Å²) in [5.74, 6) is -1.07. The number of nitrogens with zero attached hydrogens (tertiary/aromatic N) is 1. The summed E-state index contributed by atoms with van der Waals surface area (Å²) in [5.41, 5.74) is 6.34. The number of hydrogen-bond donors (Lipinski definition) is 3. The van der Waals surface area contributed by atoms with E-state index in [1.54, 1.807) is 35.2 Å². The van der Waals surface area contributed by atoms with E-state index in [4.69, 9.17) is 5.73 Å². The van der Waals surface area contributed by atoms with E-state index in [0.717, 1.165) is 12.8 Å². The minimum absolute atomic E-state index is 0.128. The lowest BCUT2D eigenvalue weighted by Gasteiger charge is -2.31. The number of aliphatic carboxylic acids is 1. The van der Waals surface area contributed by atoms with Crippen molar-refractivity contribution in [2.75, 3.05) is 13.1 Å². The first kappa shape index (κ1) is 14.3. The average Bonchev–Trinajstić information content (AvgIpc) is 2.46. The summed E-state index contributed by atoms with van der Waals surface area (Å²) in [6, 6.07) is 7.41. The molecule has 1 saturated heterocycles. The third-order valence-electron chi connectivity index (χ3n) is 3.47. The van der Waals surface area contributed by atoms with Crippen molar-refractivity contribution in [1.82, 2.24) is 10.2 Å². The fourth-order valence-electron chi connectivity index (χ4n) is 2.25. The van der Waals surface area contributed by atoms with Crippen molar-refractivity contribution in [1.29, 1.82) is 0 Å². The highest BCUT2D eigenvalue weighted by atomic mass is 16.4. The minimum Gasteiger partial charge on any atom is -0.479 e. The number of nitrogens with one attached hydrogen (secondary N) is 1. The molecule has 108 valence electrons. The summed E-state index contributed by atoms with van der Waals surface area (Å²) in [7, 11) is 0. The van der Waals surface area contributed by atoms with E-state index in [0.29, 0.717) is 18.7 Å². The molecule has 0 saturated carbocycles. The van der Waals surface area contributed by atoms with E-state index < -0.39 is 12.0 Å². The molecule has 1 aliphatic heterocycles. The van der Waals surface area contributed by atoms with Crippen molar-refractivity contribution in [3.8, 4) is 0 Å². The number of benzene rings is 1. The molecule has 20 heavy (non-hydrogen) atoms. The number of carboxylic acid groups (broad SMARTS) is 1. The normalized spacial score (nSPS) is 17.6. The van der Waals surface area contributed by atoms with Gasteiger partial charge in [-0.15, -0.1) is 0 Å². The first-order valence-corrected chi connectivity index (χ1v) is 6.66. The van der Waals surface area contributed by atoms with E-state index in [-0.39, 0.29) is 12.1 Å². The zero-order valence-corrected chi connectivity index (χ0v) is 11.2. The van der Waals surface area contributed by atoms with Crippen LogP contribution < -0.4 is 11.1 Å². The molecule has 1 fully saturated rings. The van der Waals surface area contributed by atoms with Crippen molar-refractivity contribution in [3.05, 3.63) is 35.9 Å². The summed E-state index contributed by atoms with van der Waals surface area (Å²) in [6.45, 7) is 1.13. The van der Waals surface area contributed by atoms with Crippen LogP contribution in [0.3, 0.4) is 0 Å². The van der Waals surface area contributed by atoms with Gasteiger partial charge in [0.2, 0.25) is 0 Å². The monoisotopic (exact) mass is 277 g/mol. The number of carboxylic acids is 1. The first-order valence-electron chi connectivity index (χ1n) is 6.66. The topological polar surface area (TPSA) is 95.7 Å². The number of amides is 2. The maximum Gasteiger partial charge on any atom is 0.330 e. The minimum atomic E-state index is -1.07. The van der Waals surface area contributed by atoms with Gasteiger partial charge in [-0.05, 0) is 18.4 Å². The Hall–Kier alpha value is -2.08. The quantitative estimate of drug-likeness (QED) is 0.766. The van der Waals surface area contributed by atoms with Gasteiger partial charge in [0.1, 0.15) is 0 Å². The van der Waals surface area contributed by atoms with Gasteiger partial charge < -0.3 is 21.1 Å². The third kappa shape index (κ3) is 3.48. The van der Waals surface area contributed by atoms with E-state index >= 15 is 0 Å². The van der Waals surface area contributed by atoms with Crippen LogP contribution in [0.15, 0.2) is 30.3 Å². The Morgan fingerprint density at radius 3 is 2.40 bits per heavy atom. The van der Waals surface area contributed by atoms with Crippen molar-refractivity contribution in [3.63, 3.8) is 0 Å². The second kappa shape index (κ2) is 6.38. The Bertz CT molecular complexity index is 470. The number of urea groups is 1.